The molecule has 0 fully saturated rings. The predicted molar refractivity (Wildman–Crippen MR) is 179 cm³/mol. The summed E-state index contributed by atoms with van der Waals surface area (Å²) in [6, 6.07) is 15.4. The zero-order valence-corrected chi connectivity index (χ0v) is 28.4. The van der Waals surface area contributed by atoms with Crippen molar-refractivity contribution in [3.05, 3.63) is 114 Å². The SMILES string of the molecule is C=C(N)CCCC.C=C/C(=C(C)\C(=C/C)c1cccc(C)c1)c1ccc(CC)c(C)c1.CC.CCCC.[CH3-].[Fe]. The van der Waals surface area contributed by atoms with Gasteiger partial charge >= 0.3 is 0 Å². The first kappa shape index (κ1) is 43.8. The molecule has 0 aliphatic rings. The van der Waals surface area contributed by atoms with Gasteiger partial charge in [0.1, 0.15) is 0 Å². The molecule has 0 atom stereocenters. The van der Waals surface area contributed by atoms with Gasteiger partial charge < -0.3 is 13.2 Å². The van der Waals surface area contributed by atoms with Gasteiger partial charge in [-0.3, -0.25) is 0 Å². The third-order valence-electron chi connectivity index (χ3n) is 6.02. The Morgan fingerprint density at radius 3 is 1.85 bits per heavy atom. The van der Waals surface area contributed by atoms with Crippen molar-refractivity contribution in [1.29, 1.82) is 0 Å². The molecule has 2 rings (SSSR count). The van der Waals surface area contributed by atoms with Crippen molar-refractivity contribution in [2.24, 2.45) is 5.73 Å². The summed E-state index contributed by atoms with van der Waals surface area (Å²) in [6.07, 6.45) is 11.2. The van der Waals surface area contributed by atoms with Crippen LogP contribution in [0.4, 0.5) is 0 Å². The molecule has 0 aliphatic heterocycles. The smallest absolute Gasteiger partial charge is 0.000743 e. The summed E-state index contributed by atoms with van der Waals surface area (Å²) in [5.41, 5.74) is 16.4. The van der Waals surface area contributed by atoms with Crippen LogP contribution in [0.25, 0.3) is 11.1 Å². The van der Waals surface area contributed by atoms with E-state index in [9.17, 15) is 0 Å². The standard InChI is InChI=1S/C24H28.C6H13N.C4H10.C2H6.CH3.Fe/c1-7-20-13-14-22(16-18(20)5)24(9-3)19(6)23(8-2)21-12-10-11-17(4)15-21;1-3-4-5-6(2)7;1-3-4-2;1-2;;/h8-16H,3,7H2,1-2,4-6H3;2-5,7H2,1H3;3-4H2,1-2H3;1-2H3;1H3;/q;;;;-1;/b23-8+,24-19+;;;;;. The molecule has 222 valence electrons. The number of hydrogen-bond acceptors (Lipinski definition) is 1. The van der Waals surface area contributed by atoms with Gasteiger partial charge in [-0.25, -0.2) is 0 Å². The predicted octanol–water partition coefficient (Wildman–Crippen LogP) is 11.9. The monoisotopic (exact) mass is 574 g/mol. The van der Waals surface area contributed by atoms with Crippen LogP contribution < -0.4 is 5.73 Å². The van der Waals surface area contributed by atoms with Crippen LogP contribution in [-0.2, 0) is 23.5 Å². The van der Waals surface area contributed by atoms with Gasteiger partial charge in [0, 0.05) is 22.8 Å². The number of rotatable bonds is 9. The maximum atomic E-state index is 5.28. The van der Waals surface area contributed by atoms with Gasteiger partial charge in [-0.2, -0.15) is 0 Å². The fourth-order valence-corrected chi connectivity index (χ4v) is 3.71. The molecule has 2 aromatic rings. The molecule has 39 heavy (non-hydrogen) atoms. The summed E-state index contributed by atoms with van der Waals surface area (Å²) in [7, 11) is 0. The fraction of sp³-hybridized carbons (Fsp3) is 0.432. The number of nitrogens with two attached hydrogens (primary N) is 1. The molecule has 0 heterocycles. The van der Waals surface area contributed by atoms with Gasteiger partial charge in [-0.15, -0.1) is 0 Å². The maximum absolute atomic E-state index is 5.28. The van der Waals surface area contributed by atoms with Crippen LogP contribution in [0.1, 0.15) is 115 Å². The Balaban J connectivity index is -0.000000344. The number of aryl methyl sites for hydroxylation is 3. The summed E-state index contributed by atoms with van der Waals surface area (Å²) in [4.78, 5) is 0. The van der Waals surface area contributed by atoms with Crippen LogP contribution in [-0.4, -0.2) is 0 Å². The van der Waals surface area contributed by atoms with Crippen LogP contribution in [0, 0.1) is 21.3 Å². The maximum Gasteiger partial charge on any atom is 0.000743 e. The number of benzene rings is 2. The van der Waals surface area contributed by atoms with E-state index in [4.69, 9.17) is 5.73 Å². The normalized spacial score (nSPS) is 10.4. The minimum Gasteiger partial charge on any atom is -0.403 e. The van der Waals surface area contributed by atoms with E-state index in [1.54, 1.807) is 0 Å². The molecule has 0 bridgehead atoms. The number of allylic oxidation sites excluding steroid dienone is 6. The third-order valence-corrected chi connectivity index (χ3v) is 6.02. The van der Waals surface area contributed by atoms with E-state index in [1.165, 1.54) is 70.2 Å². The molecule has 0 radical (unpaired) electrons. The van der Waals surface area contributed by atoms with E-state index < -0.39 is 0 Å². The number of unbranched alkanes of at least 4 members (excludes halogenated alkanes) is 2. The second-order valence-electron chi connectivity index (χ2n) is 9.07. The summed E-state index contributed by atoms with van der Waals surface area (Å²) >= 11 is 0. The molecule has 0 amide bonds. The van der Waals surface area contributed by atoms with Gasteiger partial charge in [-0.05, 0) is 85.9 Å². The van der Waals surface area contributed by atoms with Crippen LogP contribution >= 0.6 is 0 Å². The fourth-order valence-electron chi connectivity index (χ4n) is 3.71. The molecule has 0 unspecified atom stereocenters. The zero-order chi connectivity index (χ0) is 28.8. The molecule has 2 aromatic carbocycles. The van der Waals surface area contributed by atoms with E-state index in [2.05, 4.69) is 117 Å². The second-order valence-corrected chi connectivity index (χ2v) is 9.07. The Morgan fingerprint density at radius 1 is 0.897 bits per heavy atom. The number of hydrogen-bond donors (Lipinski definition) is 1. The Morgan fingerprint density at radius 2 is 1.49 bits per heavy atom. The Bertz CT molecular complexity index is 977. The molecule has 0 aliphatic carbocycles. The first-order chi connectivity index (χ1) is 17.7. The Labute approximate surface area is 255 Å². The van der Waals surface area contributed by atoms with Crippen LogP contribution in [0.5, 0.6) is 0 Å². The minimum atomic E-state index is 0. The third kappa shape index (κ3) is 17.8. The average molecular weight is 575 g/mol. The first-order valence-electron chi connectivity index (χ1n) is 14.3. The first-order valence-corrected chi connectivity index (χ1v) is 14.3. The molecule has 0 aromatic heterocycles. The van der Waals surface area contributed by atoms with E-state index in [1.807, 2.05) is 19.9 Å². The molecule has 0 spiro atoms. The van der Waals surface area contributed by atoms with Crippen molar-refractivity contribution in [3.8, 4) is 0 Å². The summed E-state index contributed by atoms with van der Waals surface area (Å²) in [5, 5.41) is 0. The topological polar surface area (TPSA) is 26.0 Å². The van der Waals surface area contributed by atoms with Crippen molar-refractivity contribution in [1.82, 2.24) is 0 Å². The van der Waals surface area contributed by atoms with Crippen LogP contribution in [0.15, 0.2) is 79.0 Å². The van der Waals surface area contributed by atoms with E-state index >= 15 is 0 Å². The van der Waals surface area contributed by atoms with E-state index in [-0.39, 0.29) is 24.5 Å². The molecule has 2 N–H and O–H groups in total. The van der Waals surface area contributed by atoms with E-state index in [0.717, 1.165) is 18.5 Å². The van der Waals surface area contributed by atoms with Gasteiger partial charge in [-0.1, -0.05) is 134 Å². The summed E-state index contributed by atoms with van der Waals surface area (Å²) < 4.78 is 0. The molecular weight excluding hydrogens is 514 g/mol. The van der Waals surface area contributed by atoms with Crippen molar-refractivity contribution >= 4 is 11.1 Å². The van der Waals surface area contributed by atoms with Crippen LogP contribution in [0.2, 0.25) is 0 Å². The van der Waals surface area contributed by atoms with Gasteiger partial charge in [0.15, 0.2) is 0 Å². The van der Waals surface area contributed by atoms with E-state index in [0.29, 0.717) is 0 Å². The van der Waals surface area contributed by atoms with Crippen LogP contribution in [0.3, 0.4) is 0 Å². The van der Waals surface area contributed by atoms with Crippen molar-refractivity contribution in [2.75, 3.05) is 0 Å². The largest absolute Gasteiger partial charge is 0.403 e. The van der Waals surface area contributed by atoms with Gasteiger partial charge in [0.2, 0.25) is 0 Å². The van der Waals surface area contributed by atoms with Crippen molar-refractivity contribution in [2.45, 2.75) is 108 Å². The zero-order valence-electron chi connectivity index (χ0n) is 27.3. The molecule has 0 saturated heterocycles. The van der Waals surface area contributed by atoms with Crippen molar-refractivity contribution in [3.63, 3.8) is 0 Å². The van der Waals surface area contributed by atoms with Crippen molar-refractivity contribution < 1.29 is 17.1 Å². The Hall–Kier alpha value is -2.28. The van der Waals surface area contributed by atoms with Gasteiger partial charge in [0.05, 0.1) is 0 Å². The summed E-state index contributed by atoms with van der Waals surface area (Å²) in [6.45, 7) is 29.0. The summed E-state index contributed by atoms with van der Waals surface area (Å²) in [5.74, 6) is 0. The Kier molecular flexibility index (Phi) is 30.6. The molecule has 0 saturated carbocycles. The quantitative estimate of drug-likeness (QED) is 0.180. The molecule has 2 heteroatoms. The minimum absolute atomic E-state index is 0. The second kappa shape index (κ2) is 27.3. The molecular formula is C37H60FeN-. The average Bonchev–Trinajstić information content (AvgIpc) is 2.90. The molecule has 1 nitrogen and oxygen atoms in total. The van der Waals surface area contributed by atoms with Gasteiger partial charge in [0.25, 0.3) is 0 Å².